The second kappa shape index (κ2) is 44.4. The van der Waals surface area contributed by atoms with Crippen molar-refractivity contribution in [3.8, 4) is 45.3 Å². The number of carboxylic acid groups (broad SMARTS) is 1. The molecule has 0 amide bonds. The van der Waals surface area contributed by atoms with Crippen molar-refractivity contribution < 1.29 is 62.9 Å². The number of unbranched alkanes of at least 4 members (excludes halogenated alkanes) is 3. The Hall–Kier alpha value is -11.3. The number of hydrogen-bond donors (Lipinski definition) is 3. The quantitative estimate of drug-likeness (QED) is 0.0145. The van der Waals surface area contributed by atoms with Gasteiger partial charge in [0.2, 0.25) is 0 Å². The van der Waals surface area contributed by atoms with E-state index in [4.69, 9.17) is 28.8 Å². The summed E-state index contributed by atoms with van der Waals surface area (Å²) in [4.78, 5) is 43.4. The molecule has 2 saturated carbocycles. The maximum Gasteiger partial charge on any atom is 0.337 e. The molecule has 13 rings (SSSR count). The Balaban J connectivity index is 0.000000171. The highest BCUT2D eigenvalue weighted by molar-refractivity contribution is 5.89. The number of phenolic OH excluding ortho intramolecular Hbond substituents is 2. The van der Waals surface area contributed by atoms with Crippen molar-refractivity contribution in [3.63, 3.8) is 0 Å². The lowest BCUT2D eigenvalue weighted by Gasteiger charge is -2.45. The summed E-state index contributed by atoms with van der Waals surface area (Å²) in [5.41, 5.74) is 15.7. The molecule has 3 fully saturated rings. The average molecular weight is 1490 g/mol. The van der Waals surface area contributed by atoms with Crippen molar-refractivity contribution in [1.82, 2.24) is 0 Å². The number of aryl methyl sites for hydroxylation is 2. The SMILES string of the molecule is C1CCOC1.C=CC(=O)OCCCCCCOc1ccc(C(=O)O)cc1.C=CC(=O)OCCCOc1ccc(C(=O)OC)cc1.Cc1ccc(C(c2ccc(C)cc2)(c2ccc(-c3ccccc3)cc2)C2CCCCC2)cc1.Oc1ccc(C(c2ccc(O)cc2)(c2ccc(-c3ccccc3)cc2)C2CCCCC2)cc1. The Kier molecular flexibility index (Phi) is 33.5. The first-order valence-electron chi connectivity index (χ1n) is 39.1. The Morgan fingerprint density at radius 2 is 0.712 bits per heavy atom. The average Bonchev–Trinajstić information content (AvgIpc) is 0.866. The fourth-order valence-electron chi connectivity index (χ4n) is 15.1. The first kappa shape index (κ1) is 83.8. The third-order valence-corrected chi connectivity index (χ3v) is 20.9. The van der Waals surface area contributed by atoms with E-state index >= 15 is 0 Å². The standard InChI is InChI=1S/C33H34.C31H30O2.C16H20O5.C14H16O5.C4H8O/c1-25-13-19-30(20-14-25)33(29-11-7-4-8-12-29,31-21-15-26(2)16-22-31)32-23-17-28(18-24-32)27-9-5-3-6-10-27;32-29-19-15-27(16-20-29)31(25-9-5-2-6-10-25,28-17-21-30(33)22-18-28)26-13-11-24(12-14-26)23-7-3-1-4-8-23;1-2-15(17)21-12-6-4-3-5-11-20-14-9-7-13(8-10-14)16(18)19;1-3-13(15)19-10-4-9-18-12-7-5-11(6-8-12)14(16)17-2;1-2-4-5-3-1/h3,5-6,9-10,13-24,29H,4,7-8,11-12H2,1-2H3;1,3-4,7-8,11-22,25,32-33H,2,5-6,9-10H2;2,7-10H,1,3-6,11-12H2,(H,18,19);3,5-8H,1,4,9-10H2,2H3;1-4H2. The molecule has 1 heterocycles. The number of methoxy groups -OCH3 is 1. The minimum atomic E-state index is -0.946. The number of phenols is 2. The highest BCUT2D eigenvalue weighted by atomic mass is 16.5. The number of aromatic hydroxyl groups is 2. The Morgan fingerprint density at radius 3 is 1.05 bits per heavy atom. The van der Waals surface area contributed by atoms with Crippen LogP contribution in [-0.4, -0.2) is 85.9 Å². The van der Waals surface area contributed by atoms with Crippen LogP contribution >= 0.6 is 0 Å². The predicted octanol–water partition coefficient (Wildman–Crippen LogP) is 22.4. The van der Waals surface area contributed by atoms with Gasteiger partial charge in [0.25, 0.3) is 0 Å². The van der Waals surface area contributed by atoms with Gasteiger partial charge in [-0.05, 0) is 218 Å². The van der Waals surface area contributed by atoms with E-state index in [9.17, 15) is 29.4 Å². The Bertz CT molecular complexity index is 4110. The fourth-order valence-corrected chi connectivity index (χ4v) is 15.1. The largest absolute Gasteiger partial charge is 0.508 e. The molecule has 111 heavy (non-hydrogen) atoms. The molecule has 1 aliphatic heterocycles. The second-order valence-electron chi connectivity index (χ2n) is 28.4. The fraction of sp³-hybridized carbons (Fsp3) is 0.306. The minimum Gasteiger partial charge on any atom is -0.508 e. The van der Waals surface area contributed by atoms with Gasteiger partial charge >= 0.3 is 23.9 Å². The van der Waals surface area contributed by atoms with Crippen molar-refractivity contribution in [2.75, 3.05) is 46.8 Å². The van der Waals surface area contributed by atoms with E-state index in [0.29, 0.717) is 55.1 Å². The zero-order valence-electron chi connectivity index (χ0n) is 64.7. The topological polar surface area (TPSA) is 184 Å². The van der Waals surface area contributed by atoms with Crippen LogP contribution in [-0.2, 0) is 39.4 Å². The van der Waals surface area contributed by atoms with Gasteiger partial charge in [-0.3, -0.25) is 0 Å². The third-order valence-electron chi connectivity index (χ3n) is 20.9. The number of benzene rings is 10. The number of hydrogen-bond acceptors (Lipinski definition) is 12. The van der Waals surface area contributed by atoms with Gasteiger partial charge in [0.15, 0.2) is 0 Å². The number of esters is 3. The van der Waals surface area contributed by atoms with E-state index in [0.717, 1.165) is 63.9 Å². The van der Waals surface area contributed by atoms with Crippen molar-refractivity contribution in [1.29, 1.82) is 0 Å². The van der Waals surface area contributed by atoms with Crippen LogP contribution in [0, 0.1) is 25.7 Å². The molecule has 10 aromatic carbocycles. The predicted molar refractivity (Wildman–Crippen MR) is 443 cm³/mol. The smallest absolute Gasteiger partial charge is 0.337 e. The van der Waals surface area contributed by atoms with Gasteiger partial charge in [-0.25, -0.2) is 19.2 Å². The van der Waals surface area contributed by atoms with E-state index < -0.39 is 11.9 Å². The molecular formula is C98H108O13. The first-order chi connectivity index (χ1) is 54.1. The second-order valence-corrected chi connectivity index (χ2v) is 28.4. The van der Waals surface area contributed by atoms with E-state index in [1.54, 1.807) is 60.7 Å². The molecule has 578 valence electrons. The summed E-state index contributed by atoms with van der Waals surface area (Å²) >= 11 is 0. The zero-order valence-corrected chi connectivity index (χ0v) is 64.7. The van der Waals surface area contributed by atoms with Crippen molar-refractivity contribution in [2.45, 2.75) is 134 Å². The molecule has 0 radical (unpaired) electrons. The lowest BCUT2D eigenvalue weighted by molar-refractivity contribution is -0.138. The van der Waals surface area contributed by atoms with E-state index in [2.05, 4.69) is 208 Å². The highest BCUT2D eigenvalue weighted by Crippen LogP contribution is 2.53. The minimum absolute atomic E-state index is 0.128. The number of rotatable bonds is 27. The molecule has 0 unspecified atom stereocenters. The van der Waals surface area contributed by atoms with Crippen molar-refractivity contribution in [3.05, 3.63) is 336 Å². The summed E-state index contributed by atoms with van der Waals surface area (Å²) in [6.45, 7) is 14.7. The lowest BCUT2D eigenvalue weighted by Crippen LogP contribution is -2.39. The molecule has 3 aliphatic rings. The molecule has 13 heteroatoms. The monoisotopic (exact) mass is 1490 g/mol. The van der Waals surface area contributed by atoms with Crippen molar-refractivity contribution in [2.24, 2.45) is 11.8 Å². The maximum absolute atomic E-state index is 11.2. The normalized spacial score (nSPS) is 13.4. The Morgan fingerprint density at radius 1 is 0.387 bits per heavy atom. The van der Waals surface area contributed by atoms with Gasteiger partial charge in [0.05, 0.1) is 44.7 Å². The van der Waals surface area contributed by atoms with Crippen LogP contribution in [0.5, 0.6) is 23.0 Å². The van der Waals surface area contributed by atoms with Crippen molar-refractivity contribution >= 4 is 23.9 Å². The van der Waals surface area contributed by atoms with Crippen LogP contribution in [0.15, 0.2) is 280 Å². The summed E-state index contributed by atoms with van der Waals surface area (Å²) in [5, 5.41) is 28.8. The molecule has 3 N–H and O–H groups in total. The number of carbonyl (C=O) groups is 4. The van der Waals surface area contributed by atoms with Crippen LogP contribution in [0.3, 0.4) is 0 Å². The summed E-state index contributed by atoms with van der Waals surface area (Å²) < 4.78 is 30.1. The van der Waals surface area contributed by atoms with Gasteiger partial charge in [0.1, 0.15) is 23.0 Å². The number of carbonyl (C=O) groups excluding carboxylic acids is 3. The number of ether oxygens (including phenoxy) is 6. The molecule has 0 atom stereocenters. The van der Waals surface area contributed by atoms with Crippen LogP contribution < -0.4 is 9.47 Å². The van der Waals surface area contributed by atoms with Gasteiger partial charge < -0.3 is 43.7 Å². The Labute approximate surface area is 656 Å². The molecular weight excluding hydrogens is 1390 g/mol. The molecule has 10 aromatic rings. The van der Waals surface area contributed by atoms with Gasteiger partial charge in [-0.2, -0.15) is 0 Å². The van der Waals surface area contributed by atoms with Crippen LogP contribution in [0.25, 0.3) is 22.3 Å². The molecule has 0 spiro atoms. The molecule has 0 aromatic heterocycles. The van der Waals surface area contributed by atoms with E-state index in [1.807, 2.05) is 6.07 Å². The third kappa shape index (κ3) is 24.4. The molecule has 1 saturated heterocycles. The van der Waals surface area contributed by atoms with Crippen LogP contribution in [0.4, 0.5) is 0 Å². The summed E-state index contributed by atoms with van der Waals surface area (Å²) in [6, 6.07) is 86.8. The summed E-state index contributed by atoms with van der Waals surface area (Å²) in [7, 11) is 1.33. The molecule has 13 nitrogen and oxygen atoms in total. The van der Waals surface area contributed by atoms with Gasteiger partial charge in [-0.15, -0.1) is 0 Å². The van der Waals surface area contributed by atoms with Gasteiger partial charge in [0, 0.05) is 42.6 Å². The highest BCUT2D eigenvalue weighted by Gasteiger charge is 2.45. The number of carboxylic acids is 1. The van der Waals surface area contributed by atoms with Crippen LogP contribution in [0.1, 0.15) is 174 Å². The molecule has 2 aliphatic carbocycles. The number of aromatic carboxylic acids is 1. The summed E-state index contributed by atoms with van der Waals surface area (Å²) in [5.74, 6) is 0.736. The van der Waals surface area contributed by atoms with E-state index in [-0.39, 0.29) is 46.4 Å². The summed E-state index contributed by atoms with van der Waals surface area (Å²) in [6.07, 6.45) is 21.7. The van der Waals surface area contributed by atoms with E-state index in [1.165, 1.54) is 150 Å². The van der Waals surface area contributed by atoms with Gasteiger partial charge in [-0.1, -0.05) is 245 Å². The lowest BCUT2D eigenvalue weighted by atomic mass is 9.58. The molecule has 0 bridgehead atoms. The first-order valence-corrected chi connectivity index (χ1v) is 39.1. The zero-order chi connectivity index (χ0) is 78.5. The maximum atomic E-state index is 11.2. The van der Waals surface area contributed by atoms with Crippen LogP contribution in [0.2, 0.25) is 0 Å².